The fraction of sp³-hybridized carbons (Fsp3) is 0.400. The summed E-state index contributed by atoms with van der Waals surface area (Å²) in [4.78, 5) is 89.5. The highest BCUT2D eigenvalue weighted by Gasteiger charge is 2.33. The van der Waals surface area contributed by atoms with E-state index in [-0.39, 0.29) is 64.4 Å². The Kier molecular flexibility index (Phi) is 25.4. The zero-order valence-corrected chi connectivity index (χ0v) is 54.0. The Morgan fingerprint density at radius 1 is 0.398 bits per heavy atom. The fourth-order valence-corrected chi connectivity index (χ4v) is 17.1. The van der Waals surface area contributed by atoms with Crippen molar-refractivity contribution in [2.75, 3.05) is 51.5 Å². The number of benzene rings is 3. The Morgan fingerprint density at radius 3 is 0.852 bits per heavy atom. The van der Waals surface area contributed by atoms with Gasteiger partial charge in [-0.3, -0.25) is 28.8 Å². The van der Waals surface area contributed by atoms with E-state index in [9.17, 15) is 54.0 Å². The van der Waals surface area contributed by atoms with Crippen LogP contribution >= 0.6 is 34.0 Å². The summed E-state index contributed by atoms with van der Waals surface area (Å²) < 4.78 is 89.4. The number of nitrogens with two attached hydrogens (primary N) is 3. The molecule has 3 aromatic heterocycles. The summed E-state index contributed by atoms with van der Waals surface area (Å²) in [5, 5.41) is 16.2. The third-order valence-corrected chi connectivity index (χ3v) is 22.5. The van der Waals surface area contributed by atoms with Crippen molar-refractivity contribution in [3.63, 3.8) is 0 Å². The van der Waals surface area contributed by atoms with E-state index < -0.39 is 89.6 Å². The number of nitrogens with one attached hydrogen (secondary N) is 9. The van der Waals surface area contributed by atoms with Crippen LogP contribution in [0.1, 0.15) is 118 Å². The van der Waals surface area contributed by atoms with Crippen LogP contribution < -0.4 is 63.3 Å². The Hall–Kier alpha value is -7.02. The molecule has 0 spiro atoms. The molecule has 33 heteroatoms. The van der Waals surface area contributed by atoms with Crippen molar-refractivity contribution in [3.8, 4) is 0 Å². The third kappa shape index (κ3) is 20.0. The lowest BCUT2D eigenvalue weighted by atomic mass is 9.85. The molecule has 476 valence electrons. The van der Waals surface area contributed by atoms with Crippen LogP contribution in [0.15, 0.2) is 85.4 Å². The maximum atomic E-state index is 14.0. The zero-order chi connectivity index (χ0) is 64.5. The maximum absolute atomic E-state index is 14.0. The maximum Gasteiger partial charge on any atom is 0.252 e. The van der Waals surface area contributed by atoms with Gasteiger partial charge < -0.3 is 49.1 Å². The summed E-state index contributed by atoms with van der Waals surface area (Å²) in [6.07, 6.45) is 3.08. The summed E-state index contributed by atoms with van der Waals surface area (Å²) in [6.45, 7) is 9.14. The van der Waals surface area contributed by atoms with Crippen molar-refractivity contribution in [1.29, 1.82) is 0 Å². The number of carbonyl (C=O) groups excluding carboxylic acids is 6. The van der Waals surface area contributed by atoms with Crippen LogP contribution in [-0.4, -0.2) is 113 Å². The van der Waals surface area contributed by atoms with Gasteiger partial charge in [0.2, 0.25) is 35.4 Å². The minimum atomic E-state index is -4.31. The number of hydrogen-bond acceptors (Lipinski definition) is 21. The predicted molar refractivity (Wildman–Crippen MR) is 341 cm³/mol. The van der Waals surface area contributed by atoms with Gasteiger partial charge in [-0.05, 0) is 132 Å². The molecule has 6 amide bonds. The van der Waals surface area contributed by atoms with Crippen LogP contribution in [0.25, 0.3) is 0 Å². The van der Waals surface area contributed by atoms with E-state index in [1.165, 1.54) is 41.5 Å². The third-order valence-electron chi connectivity index (χ3n) is 13.1. The molecule has 27 nitrogen and oxygen atoms in total. The molecule has 0 aliphatic carbocycles. The second-order valence-electron chi connectivity index (χ2n) is 20.4. The smallest absolute Gasteiger partial charge is 0.252 e. The lowest BCUT2D eigenvalue weighted by Gasteiger charge is -2.22. The van der Waals surface area contributed by atoms with Gasteiger partial charge in [0.05, 0.1) is 17.1 Å². The zero-order valence-electron chi connectivity index (χ0n) is 49.1. The summed E-state index contributed by atoms with van der Waals surface area (Å²) in [6, 6.07) is 16.7. The second kappa shape index (κ2) is 31.9. The highest BCUT2D eigenvalue weighted by Crippen LogP contribution is 2.36. The molecule has 88 heavy (non-hydrogen) atoms. The van der Waals surface area contributed by atoms with E-state index in [0.717, 1.165) is 34.0 Å². The van der Waals surface area contributed by atoms with Crippen LogP contribution in [-0.2, 0) is 58.8 Å². The molecular weight excluding hydrogens is 1260 g/mol. The molecule has 0 aliphatic heterocycles. The molecule has 3 heterocycles. The van der Waals surface area contributed by atoms with Gasteiger partial charge in [-0.2, -0.15) is 14.2 Å². The highest BCUT2D eigenvalue weighted by molar-refractivity contribution is 7.92. The molecule has 3 aromatic carbocycles. The number of unbranched alkanes of at least 4 members (excludes halogenated alkanes) is 3. The lowest BCUT2D eigenvalue weighted by Crippen LogP contribution is -2.43. The van der Waals surface area contributed by atoms with E-state index in [1.54, 1.807) is 72.8 Å². The topological polar surface area (TPSA) is 430 Å². The summed E-state index contributed by atoms with van der Waals surface area (Å²) in [5.74, 6) is -3.86. The first kappa shape index (κ1) is 70.1. The number of hydrogen-bond donors (Lipinski definition) is 12. The molecular formula is C55H73N15O12S6. The van der Waals surface area contributed by atoms with Crippen LogP contribution in [0, 0.1) is 20.8 Å². The average Bonchev–Trinajstić information content (AvgIpc) is 2.43. The first-order chi connectivity index (χ1) is 41.6. The van der Waals surface area contributed by atoms with Gasteiger partial charge in [0, 0.05) is 43.8 Å². The van der Waals surface area contributed by atoms with Gasteiger partial charge in [0.15, 0.2) is 28.0 Å². The lowest BCUT2D eigenvalue weighted by molar-refractivity contribution is -0.118. The SMILES string of the molecule is CC(=O)Nc1nc(C)c(S(=O)(=O)N[C@H](CCCCN)C(=O)Nc2ccc(C(c3ccc(NC(=O)[C@@H](CCCCN)NS(=O)(=O)c4sc(NC(C)=O)nc4C)cc3)c3ccc(NC(=O)[C@@H](CCCCN)NS(=O)(=O)c4sc(NC(C)=O)nc4C)cc3)cc2)s1. The fourth-order valence-electron chi connectivity index (χ4n) is 8.98. The first-order valence-corrected chi connectivity index (χ1v) is 34.7. The Bertz CT molecular complexity index is 3400. The number of sulfonamides is 3. The predicted octanol–water partition coefficient (Wildman–Crippen LogP) is 5.28. The van der Waals surface area contributed by atoms with Crippen molar-refractivity contribution in [3.05, 3.63) is 107 Å². The monoisotopic (exact) mass is 1330 g/mol. The van der Waals surface area contributed by atoms with Crippen molar-refractivity contribution < 1.29 is 54.0 Å². The molecule has 6 aromatic rings. The Morgan fingerprint density at radius 2 is 0.636 bits per heavy atom. The summed E-state index contributed by atoms with van der Waals surface area (Å²) >= 11 is 2.24. The van der Waals surface area contributed by atoms with E-state index in [0.29, 0.717) is 91.9 Å². The van der Waals surface area contributed by atoms with Crippen molar-refractivity contribution >= 4 is 132 Å². The average molecular weight is 1330 g/mol. The quantitative estimate of drug-likeness (QED) is 0.0184. The number of nitrogens with zero attached hydrogens (tertiary/aromatic N) is 3. The number of anilines is 6. The molecule has 0 saturated heterocycles. The van der Waals surface area contributed by atoms with E-state index in [2.05, 4.69) is 61.0 Å². The normalized spacial score (nSPS) is 12.9. The highest BCUT2D eigenvalue weighted by atomic mass is 32.3. The van der Waals surface area contributed by atoms with Crippen molar-refractivity contribution in [1.82, 2.24) is 29.1 Å². The molecule has 0 radical (unpaired) electrons. The van der Waals surface area contributed by atoms with Gasteiger partial charge in [-0.15, -0.1) is 0 Å². The number of rotatable bonds is 33. The number of aryl methyl sites for hydroxylation is 3. The molecule has 6 rings (SSSR count). The number of amides is 6. The minimum absolute atomic E-state index is 0.0784. The van der Waals surface area contributed by atoms with Gasteiger partial charge >= 0.3 is 0 Å². The molecule has 0 unspecified atom stereocenters. The Labute approximate surface area is 523 Å². The summed E-state index contributed by atoms with van der Waals surface area (Å²) in [5.41, 5.74) is 20.6. The number of carbonyl (C=O) groups is 6. The molecule has 0 bridgehead atoms. The van der Waals surface area contributed by atoms with E-state index in [4.69, 9.17) is 17.2 Å². The van der Waals surface area contributed by atoms with Crippen LogP contribution in [0.3, 0.4) is 0 Å². The molecule has 0 fully saturated rings. The van der Waals surface area contributed by atoms with E-state index >= 15 is 0 Å². The van der Waals surface area contributed by atoms with Crippen LogP contribution in [0.4, 0.5) is 32.5 Å². The molecule has 15 N–H and O–H groups in total. The minimum Gasteiger partial charge on any atom is -0.330 e. The Balaban J connectivity index is 1.29. The standard InChI is InChI=1S/C55H73N15O12S6/c1-31-50(83-53(59-31)62-34(4)71)86(77,78)68-43(13-7-10-28-56)47(74)65-40-22-16-37(17-23-40)46(38-18-24-41(25-19-38)66-48(75)44(14-8-11-29-57)69-87(79,80)51-32(2)60-54(84-51)63-35(5)72)39-20-26-42(27-21-39)67-49(76)45(15-9-12-30-58)70-88(81,82)52-33(3)61-55(85-52)64-36(6)73/h16-27,43-46,68-70H,7-15,28-30,56-58H2,1-6H3,(H,65,74)(H,66,75)(H,67,76)(H,59,62,71)(H,60,63,72)(H,61,64,73)/t43-,44-,45-/m1/s1. The second-order valence-corrected chi connectivity index (χ2v) is 29.1. The van der Waals surface area contributed by atoms with E-state index in [1.807, 2.05) is 0 Å². The van der Waals surface area contributed by atoms with Gasteiger partial charge in [0.1, 0.15) is 18.1 Å². The van der Waals surface area contributed by atoms with Gasteiger partial charge in [0.25, 0.3) is 30.1 Å². The first-order valence-electron chi connectivity index (χ1n) is 27.8. The van der Waals surface area contributed by atoms with Gasteiger partial charge in [-0.25, -0.2) is 40.2 Å². The molecule has 0 aliphatic rings. The molecule has 3 atom stereocenters. The van der Waals surface area contributed by atoms with Crippen molar-refractivity contribution in [2.24, 2.45) is 17.2 Å². The number of aromatic nitrogens is 3. The molecule has 0 saturated carbocycles. The van der Waals surface area contributed by atoms with Gasteiger partial charge in [-0.1, -0.05) is 89.7 Å². The van der Waals surface area contributed by atoms with Crippen LogP contribution in [0.2, 0.25) is 0 Å². The van der Waals surface area contributed by atoms with Crippen molar-refractivity contribution in [2.45, 2.75) is 136 Å². The van der Waals surface area contributed by atoms with Crippen LogP contribution in [0.5, 0.6) is 0 Å². The largest absolute Gasteiger partial charge is 0.330 e. The summed E-state index contributed by atoms with van der Waals surface area (Å²) in [7, 11) is -12.9. The number of thiazole rings is 3.